The molecule has 2 rings (SSSR count). The molecular weight excluding hydrogens is 294 g/mol. The zero-order valence-corrected chi connectivity index (χ0v) is 14.3. The molecule has 7 heteroatoms. The van der Waals surface area contributed by atoms with Gasteiger partial charge in [-0.1, -0.05) is 0 Å². The largest absolute Gasteiger partial charge is 0.444 e. The van der Waals surface area contributed by atoms with Crippen LogP contribution in [-0.2, 0) is 4.74 Å². The van der Waals surface area contributed by atoms with Crippen LogP contribution in [0, 0.1) is 0 Å². The molecule has 0 radical (unpaired) electrons. The first-order chi connectivity index (χ1) is 10.9. The summed E-state index contributed by atoms with van der Waals surface area (Å²) in [6, 6.07) is 2.33. The van der Waals surface area contributed by atoms with Gasteiger partial charge in [-0.3, -0.25) is 0 Å². The lowest BCUT2D eigenvalue weighted by atomic mass is 9.91. The normalized spacial score (nSPS) is 21.4. The molecule has 128 valence electrons. The summed E-state index contributed by atoms with van der Waals surface area (Å²) < 4.78 is 5.30. The predicted octanol–water partition coefficient (Wildman–Crippen LogP) is 2.77. The Bertz CT molecular complexity index is 521. The molecular formula is C16H27N5O2. The Kier molecular flexibility index (Phi) is 5.63. The number of carbonyl (C=O) groups is 1. The number of alkyl carbamates (subject to hydrolysis) is 1. The van der Waals surface area contributed by atoms with Gasteiger partial charge in [0.15, 0.2) is 0 Å². The molecule has 0 aromatic carbocycles. The average Bonchev–Trinajstić information content (AvgIpc) is 2.47. The minimum absolute atomic E-state index is 0.174. The summed E-state index contributed by atoms with van der Waals surface area (Å²) in [7, 11) is 1.83. The second kappa shape index (κ2) is 7.48. The van der Waals surface area contributed by atoms with Crippen molar-refractivity contribution in [2.24, 2.45) is 0 Å². The lowest BCUT2D eigenvalue weighted by Crippen LogP contribution is -2.42. The second-order valence-corrected chi connectivity index (χ2v) is 6.85. The summed E-state index contributed by atoms with van der Waals surface area (Å²) in [6.45, 7) is 5.60. The van der Waals surface area contributed by atoms with Crippen LogP contribution in [0.5, 0.6) is 0 Å². The van der Waals surface area contributed by atoms with Crippen LogP contribution in [0.25, 0.3) is 0 Å². The van der Waals surface area contributed by atoms with Crippen LogP contribution in [0.15, 0.2) is 12.3 Å². The van der Waals surface area contributed by atoms with E-state index in [4.69, 9.17) is 4.74 Å². The summed E-state index contributed by atoms with van der Waals surface area (Å²) in [4.78, 5) is 20.4. The molecule has 0 unspecified atom stereocenters. The van der Waals surface area contributed by atoms with E-state index >= 15 is 0 Å². The van der Waals surface area contributed by atoms with Crippen LogP contribution in [-0.4, -0.2) is 40.8 Å². The third-order valence-electron chi connectivity index (χ3n) is 3.69. The highest BCUT2D eigenvalue weighted by atomic mass is 16.6. The highest BCUT2D eigenvalue weighted by Gasteiger charge is 2.25. The lowest BCUT2D eigenvalue weighted by molar-refractivity contribution is 0.0492. The quantitative estimate of drug-likeness (QED) is 0.790. The van der Waals surface area contributed by atoms with Crippen LogP contribution in [0.2, 0.25) is 0 Å². The van der Waals surface area contributed by atoms with Crippen molar-refractivity contribution in [3.05, 3.63) is 12.3 Å². The summed E-state index contributed by atoms with van der Waals surface area (Å²) in [5, 5.41) is 9.31. The van der Waals surface area contributed by atoms with E-state index in [0.29, 0.717) is 12.0 Å². The predicted molar refractivity (Wildman–Crippen MR) is 90.6 cm³/mol. The van der Waals surface area contributed by atoms with E-state index in [-0.39, 0.29) is 12.1 Å². The van der Waals surface area contributed by atoms with Crippen molar-refractivity contribution in [2.75, 3.05) is 17.7 Å². The molecule has 0 saturated heterocycles. The first kappa shape index (κ1) is 17.3. The number of anilines is 2. The molecule has 1 amide bonds. The Labute approximate surface area is 137 Å². The van der Waals surface area contributed by atoms with Gasteiger partial charge in [0.05, 0.1) is 0 Å². The number of ether oxygens (including phenoxy) is 1. The fraction of sp³-hybridized carbons (Fsp3) is 0.688. The number of nitrogens with one attached hydrogen (secondary N) is 3. The maximum atomic E-state index is 11.8. The van der Waals surface area contributed by atoms with Crippen molar-refractivity contribution < 1.29 is 9.53 Å². The Hall–Kier alpha value is -2.05. The molecule has 1 heterocycles. The van der Waals surface area contributed by atoms with Crippen molar-refractivity contribution in [1.82, 2.24) is 15.3 Å². The Morgan fingerprint density at radius 3 is 2.48 bits per heavy atom. The van der Waals surface area contributed by atoms with Gasteiger partial charge in [-0.25, -0.2) is 9.78 Å². The van der Waals surface area contributed by atoms with E-state index in [2.05, 4.69) is 25.9 Å². The summed E-state index contributed by atoms with van der Waals surface area (Å²) in [5.41, 5.74) is -0.460. The van der Waals surface area contributed by atoms with Crippen LogP contribution in [0.3, 0.4) is 0 Å². The first-order valence-corrected chi connectivity index (χ1v) is 8.12. The number of hydrogen-bond acceptors (Lipinski definition) is 6. The molecule has 0 bridgehead atoms. The van der Waals surface area contributed by atoms with Gasteiger partial charge in [-0.05, 0) is 52.5 Å². The van der Waals surface area contributed by atoms with Crippen molar-refractivity contribution >= 4 is 17.9 Å². The van der Waals surface area contributed by atoms with E-state index in [1.807, 2.05) is 33.9 Å². The minimum Gasteiger partial charge on any atom is -0.444 e. The molecule has 0 spiro atoms. The van der Waals surface area contributed by atoms with Gasteiger partial charge in [-0.15, -0.1) is 0 Å². The molecule has 23 heavy (non-hydrogen) atoms. The lowest BCUT2D eigenvalue weighted by Gasteiger charge is -2.30. The first-order valence-electron chi connectivity index (χ1n) is 8.12. The zero-order chi connectivity index (χ0) is 16.9. The number of amides is 1. The summed E-state index contributed by atoms with van der Waals surface area (Å²) >= 11 is 0. The third kappa shape index (κ3) is 5.92. The number of carbonyl (C=O) groups excluding carboxylic acids is 1. The topological polar surface area (TPSA) is 88.2 Å². The Morgan fingerprint density at radius 1 is 1.22 bits per heavy atom. The Morgan fingerprint density at radius 2 is 1.87 bits per heavy atom. The highest BCUT2D eigenvalue weighted by molar-refractivity contribution is 5.68. The van der Waals surface area contributed by atoms with Gasteiger partial charge < -0.3 is 20.7 Å². The molecule has 0 aliphatic heterocycles. The number of rotatable bonds is 4. The van der Waals surface area contributed by atoms with Gasteiger partial charge in [0.2, 0.25) is 5.95 Å². The number of hydrogen-bond donors (Lipinski definition) is 3. The third-order valence-corrected chi connectivity index (χ3v) is 3.69. The van der Waals surface area contributed by atoms with Gasteiger partial charge >= 0.3 is 6.09 Å². The Balaban J connectivity index is 1.76. The molecule has 7 nitrogen and oxygen atoms in total. The molecule has 1 aliphatic rings. The van der Waals surface area contributed by atoms with E-state index in [9.17, 15) is 4.79 Å². The number of aromatic nitrogens is 2. The molecule has 1 aliphatic carbocycles. The molecule has 0 atom stereocenters. The van der Waals surface area contributed by atoms with Crippen molar-refractivity contribution in [2.45, 2.75) is 64.1 Å². The fourth-order valence-corrected chi connectivity index (χ4v) is 2.61. The van der Waals surface area contributed by atoms with E-state index < -0.39 is 5.60 Å². The van der Waals surface area contributed by atoms with E-state index in [1.54, 1.807) is 6.20 Å². The second-order valence-electron chi connectivity index (χ2n) is 6.85. The van der Waals surface area contributed by atoms with Gasteiger partial charge in [-0.2, -0.15) is 4.98 Å². The van der Waals surface area contributed by atoms with Gasteiger partial charge in [0, 0.05) is 25.3 Å². The maximum Gasteiger partial charge on any atom is 0.407 e. The van der Waals surface area contributed by atoms with E-state index in [1.165, 1.54) is 0 Å². The smallest absolute Gasteiger partial charge is 0.407 e. The SMILES string of the molecule is CNc1ccnc(NC2CCC(NC(=O)OC(C)(C)C)CC2)n1. The summed E-state index contributed by atoms with van der Waals surface area (Å²) in [6.07, 6.45) is 5.17. The minimum atomic E-state index is -0.460. The van der Waals surface area contributed by atoms with E-state index in [0.717, 1.165) is 31.5 Å². The molecule has 1 aromatic heterocycles. The standard InChI is InChI=1S/C16H27N5O2/c1-16(2,3)23-15(22)20-12-7-5-11(6-8-12)19-14-18-10-9-13(17-4)21-14/h9-12H,5-8H2,1-4H3,(H,20,22)(H2,17,18,19,21). The number of nitrogens with zero attached hydrogens (tertiary/aromatic N) is 2. The highest BCUT2D eigenvalue weighted by Crippen LogP contribution is 2.22. The van der Waals surface area contributed by atoms with Crippen LogP contribution in [0.1, 0.15) is 46.5 Å². The van der Waals surface area contributed by atoms with Crippen molar-refractivity contribution in [3.8, 4) is 0 Å². The van der Waals surface area contributed by atoms with Crippen molar-refractivity contribution in [3.63, 3.8) is 0 Å². The van der Waals surface area contributed by atoms with Crippen LogP contribution in [0.4, 0.5) is 16.6 Å². The maximum absolute atomic E-state index is 11.8. The van der Waals surface area contributed by atoms with Gasteiger partial charge in [0.25, 0.3) is 0 Å². The zero-order valence-electron chi connectivity index (χ0n) is 14.3. The van der Waals surface area contributed by atoms with Crippen LogP contribution >= 0.6 is 0 Å². The molecule has 1 saturated carbocycles. The van der Waals surface area contributed by atoms with Crippen LogP contribution < -0.4 is 16.0 Å². The average molecular weight is 321 g/mol. The van der Waals surface area contributed by atoms with Crippen molar-refractivity contribution in [1.29, 1.82) is 0 Å². The van der Waals surface area contributed by atoms with Gasteiger partial charge in [0.1, 0.15) is 11.4 Å². The molecule has 1 fully saturated rings. The molecule has 3 N–H and O–H groups in total. The fourth-order valence-electron chi connectivity index (χ4n) is 2.61. The monoisotopic (exact) mass is 321 g/mol. The molecule has 1 aromatic rings. The summed E-state index contributed by atoms with van der Waals surface area (Å²) in [5.74, 6) is 1.43.